The fourth-order valence-electron chi connectivity index (χ4n) is 4.31. The lowest BCUT2D eigenvalue weighted by Gasteiger charge is -2.26. The van der Waals surface area contributed by atoms with Crippen LogP contribution in [0.5, 0.6) is 11.5 Å². The summed E-state index contributed by atoms with van der Waals surface area (Å²) in [6.45, 7) is 3.45. The van der Waals surface area contributed by atoms with Crippen LogP contribution in [0.4, 0.5) is 5.95 Å². The molecule has 2 N–H and O–H groups in total. The first-order valence-electron chi connectivity index (χ1n) is 10.9. The molecule has 0 amide bonds. The van der Waals surface area contributed by atoms with Crippen molar-refractivity contribution in [1.82, 2.24) is 14.9 Å². The van der Waals surface area contributed by atoms with Crippen molar-refractivity contribution in [1.29, 1.82) is 0 Å². The van der Waals surface area contributed by atoms with E-state index in [1.54, 1.807) is 7.11 Å². The largest absolute Gasteiger partial charge is 0.493 e. The Balaban J connectivity index is 1.38. The van der Waals surface area contributed by atoms with Gasteiger partial charge in [-0.05, 0) is 47.7 Å². The van der Waals surface area contributed by atoms with E-state index in [4.69, 9.17) is 9.47 Å². The van der Waals surface area contributed by atoms with E-state index >= 15 is 0 Å². The second kappa shape index (κ2) is 8.86. The quantitative estimate of drug-likeness (QED) is 0.631. The van der Waals surface area contributed by atoms with Crippen LogP contribution in [0.25, 0.3) is 6.08 Å². The second-order valence-corrected chi connectivity index (χ2v) is 7.96. The lowest BCUT2D eigenvalue weighted by molar-refractivity contribution is 0.283. The summed E-state index contributed by atoms with van der Waals surface area (Å²) in [5.41, 5.74) is 4.81. The number of nitrogens with one attached hydrogen (secondary N) is 2. The molecule has 0 spiro atoms. The minimum absolute atomic E-state index is 0.128. The Morgan fingerprint density at radius 1 is 1.16 bits per heavy atom. The summed E-state index contributed by atoms with van der Waals surface area (Å²) in [6, 6.07) is 14.6. The minimum Gasteiger partial charge on any atom is -0.493 e. The maximum absolute atomic E-state index is 6.11. The summed E-state index contributed by atoms with van der Waals surface area (Å²) in [5, 5.41) is 6.97. The van der Waals surface area contributed by atoms with Crippen LogP contribution < -0.4 is 20.1 Å². The molecule has 0 saturated carbocycles. The fourth-order valence-corrected chi connectivity index (χ4v) is 4.31. The van der Waals surface area contributed by atoms with Crippen LogP contribution >= 0.6 is 0 Å². The minimum atomic E-state index is 0.128. The first-order chi connectivity index (χ1) is 15.3. The predicted octanol–water partition coefficient (Wildman–Crippen LogP) is 4.19. The molecule has 6 nitrogen and oxygen atoms in total. The van der Waals surface area contributed by atoms with Gasteiger partial charge in [-0.2, -0.15) is 0 Å². The molecule has 1 unspecified atom stereocenters. The number of anilines is 1. The summed E-state index contributed by atoms with van der Waals surface area (Å²) >= 11 is 0. The molecule has 3 heterocycles. The van der Waals surface area contributed by atoms with Gasteiger partial charge < -0.3 is 24.7 Å². The summed E-state index contributed by atoms with van der Waals surface area (Å²) in [7, 11) is 1.70. The van der Waals surface area contributed by atoms with Gasteiger partial charge in [0.05, 0.1) is 25.0 Å². The highest BCUT2D eigenvalue weighted by Gasteiger charge is 2.21. The fraction of sp³-hybridized carbons (Fsp3) is 0.320. The summed E-state index contributed by atoms with van der Waals surface area (Å²) in [5.74, 6) is 2.53. The van der Waals surface area contributed by atoms with Crippen LogP contribution in [0.1, 0.15) is 34.8 Å². The molecule has 2 aliphatic heterocycles. The molecule has 2 aliphatic rings. The standard InChI is InChI=1S/C25H28N4O2/c1-30-23-15-21-19(14-24(23)31-17-18-6-3-2-4-7-18)10-12-26-22(21)9-8-20-16-28-25-27-11-5-13-29(20)25/h2-4,6-9,14-16,22,26H,5,10-13,17H2,1H3,(H,27,28)/b9-8+. The van der Waals surface area contributed by atoms with Gasteiger partial charge in [-0.15, -0.1) is 0 Å². The number of hydrogen-bond donors (Lipinski definition) is 2. The molecule has 160 valence electrons. The number of methoxy groups -OCH3 is 1. The lowest BCUT2D eigenvalue weighted by atomic mass is 9.93. The molecule has 1 atom stereocenters. The smallest absolute Gasteiger partial charge is 0.203 e. The van der Waals surface area contributed by atoms with Crippen LogP contribution in [0.15, 0.2) is 54.7 Å². The molecule has 2 aromatic carbocycles. The van der Waals surface area contributed by atoms with E-state index in [2.05, 4.69) is 56.6 Å². The van der Waals surface area contributed by atoms with Crippen LogP contribution in [0.3, 0.4) is 0 Å². The number of ether oxygens (including phenoxy) is 2. The average Bonchev–Trinajstić information content (AvgIpc) is 3.24. The van der Waals surface area contributed by atoms with Gasteiger partial charge in [-0.3, -0.25) is 0 Å². The SMILES string of the molecule is COc1cc2c(cc1OCc1ccccc1)CCNC2/C=C/c1cnc2n1CCCN2. The Kier molecular flexibility index (Phi) is 5.63. The molecule has 0 radical (unpaired) electrons. The zero-order valence-electron chi connectivity index (χ0n) is 17.8. The number of benzene rings is 2. The maximum atomic E-state index is 6.11. The zero-order chi connectivity index (χ0) is 21.0. The van der Waals surface area contributed by atoms with Crippen molar-refractivity contribution in [2.75, 3.05) is 25.5 Å². The van der Waals surface area contributed by atoms with Crippen molar-refractivity contribution in [2.24, 2.45) is 0 Å². The van der Waals surface area contributed by atoms with E-state index < -0.39 is 0 Å². The van der Waals surface area contributed by atoms with Crippen LogP contribution in [-0.4, -0.2) is 29.8 Å². The van der Waals surface area contributed by atoms with E-state index in [1.807, 2.05) is 24.4 Å². The van der Waals surface area contributed by atoms with Crippen LogP contribution in [0, 0.1) is 0 Å². The Morgan fingerprint density at radius 3 is 2.94 bits per heavy atom. The Hall–Kier alpha value is -3.25. The summed E-state index contributed by atoms with van der Waals surface area (Å²) < 4.78 is 14.0. The Labute approximate surface area is 182 Å². The molecule has 0 saturated heterocycles. The van der Waals surface area contributed by atoms with E-state index in [0.717, 1.165) is 61.2 Å². The highest BCUT2D eigenvalue weighted by Crippen LogP contribution is 2.36. The first-order valence-corrected chi connectivity index (χ1v) is 10.9. The van der Waals surface area contributed by atoms with Crippen molar-refractivity contribution in [3.05, 3.63) is 77.1 Å². The summed E-state index contributed by atoms with van der Waals surface area (Å²) in [6.07, 6.45) is 8.42. The number of aromatic nitrogens is 2. The second-order valence-electron chi connectivity index (χ2n) is 7.96. The van der Waals surface area contributed by atoms with Crippen molar-refractivity contribution in [2.45, 2.75) is 32.0 Å². The topological polar surface area (TPSA) is 60.3 Å². The number of nitrogens with zero attached hydrogens (tertiary/aromatic N) is 2. The lowest BCUT2D eigenvalue weighted by Crippen LogP contribution is -2.28. The molecule has 1 aromatic heterocycles. The van der Waals surface area contributed by atoms with Gasteiger partial charge >= 0.3 is 0 Å². The third-order valence-electron chi connectivity index (χ3n) is 5.94. The van der Waals surface area contributed by atoms with Crippen molar-refractivity contribution >= 4 is 12.0 Å². The van der Waals surface area contributed by atoms with Gasteiger partial charge in [0.2, 0.25) is 5.95 Å². The van der Waals surface area contributed by atoms with Crippen molar-refractivity contribution in [3.8, 4) is 11.5 Å². The molecule has 3 aromatic rings. The monoisotopic (exact) mass is 416 g/mol. The molecule has 0 fully saturated rings. The molecular formula is C25H28N4O2. The summed E-state index contributed by atoms with van der Waals surface area (Å²) in [4.78, 5) is 4.49. The molecule has 5 rings (SSSR count). The third-order valence-corrected chi connectivity index (χ3v) is 5.94. The third kappa shape index (κ3) is 4.16. The van der Waals surface area contributed by atoms with Gasteiger partial charge in [-0.25, -0.2) is 4.98 Å². The zero-order valence-corrected chi connectivity index (χ0v) is 17.8. The highest BCUT2D eigenvalue weighted by molar-refractivity contribution is 5.54. The highest BCUT2D eigenvalue weighted by atomic mass is 16.5. The number of rotatable bonds is 6. The number of imidazole rings is 1. The normalized spacial score (nSPS) is 17.6. The Bertz CT molecular complexity index is 1070. The van der Waals surface area contributed by atoms with Crippen molar-refractivity contribution < 1.29 is 9.47 Å². The van der Waals surface area contributed by atoms with Crippen LogP contribution in [-0.2, 0) is 19.6 Å². The van der Waals surface area contributed by atoms with Gasteiger partial charge in [0, 0.05) is 19.6 Å². The van der Waals surface area contributed by atoms with Crippen LogP contribution in [0.2, 0.25) is 0 Å². The van der Waals surface area contributed by atoms with Gasteiger partial charge in [0.25, 0.3) is 0 Å². The number of hydrogen-bond acceptors (Lipinski definition) is 5. The molecule has 0 aliphatic carbocycles. The van der Waals surface area contributed by atoms with E-state index in [0.29, 0.717) is 6.61 Å². The Morgan fingerprint density at radius 2 is 2.06 bits per heavy atom. The van der Waals surface area contributed by atoms with Crippen molar-refractivity contribution in [3.63, 3.8) is 0 Å². The maximum Gasteiger partial charge on any atom is 0.203 e. The van der Waals surface area contributed by atoms with Gasteiger partial charge in [0.15, 0.2) is 11.5 Å². The van der Waals surface area contributed by atoms with E-state index in [-0.39, 0.29) is 6.04 Å². The van der Waals surface area contributed by atoms with Gasteiger partial charge in [-0.1, -0.05) is 36.4 Å². The molecule has 6 heteroatoms. The molecule has 31 heavy (non-hydrogen) atoms. The first kappa shape index (κ1) is 19.7. The molecule has 0 bridgehead atoms. The van der Waals surface area contributed by atoms with E-state index in [9.17, 15) is 0 Å². The van der Waals surface area contributed by atoms with E-state index in [1.165, 1.54) is 11.1 Å². The van der Waals surface area contributed by atoms with Gasteiger partial charge in [0.1, 0.15) is 6.61 Å². The molecular weight excluding hydrogens is 388 g/mol. The average molecular weight is 417 g/mol. The number of fused-ring (bicyclic) bond motifs is 2. The predicted molar refractivity (Wildman–Crippen MR) is 123 cm³/mol.